The number of halogens is 2. The lowest BCUT2D eigenvalue weighted by atomic mass is 9.63. The Hall–Kier alpha value is -1.89. The molecule has 1 aromatic carbocycles. The molecule has 8 heteroatoms. The van der Waals surface area contributed by atoms with Gasteiger partial charge in [-0.05, 0) is 43.9 Å². The molecule has 1 aromatic rings. The van der Waals surface area contributed by atoms with Crippen LogP contribution in [0.15, 0.2) is 35.5 Å². The average molecular weight is 450 g/mol. The molecule has 1 saturated carbocycles. The number of carbonyl (C=O) groups excluding carboxylic acids is 2. The molecule has 1 spiro atoms. The molecule has 30 heavy (non-hydrogen) atoms. The summed E-state index contributed by atoms with van der Waals surface area (Å²) in [6.45, 7) is 3.60. The van der Waals surface area contributed by atoms with Crippen LogP contribution in [0.5, 0.6) is 0 Å². The molecule has 2 fully saturated rings. The van der Waals surface area contributed by atoms with Crippen LogP contribution in [0.3, 0.4) is 0 Å². The summed E-state index contributed by atoms with van der Waals surface area (Å²) in [5.41, 5.74) is -2.89. The molecule has 5 rings (SSSR count). The topological polar surface area (TPSA) is 85.2 Å². The Bertz CT molecular complexity index is 1040. The smallest absolute Gasteiger partial charge is 0.354 e. The van der Waals surface area contributed by atoms with Gasteiger partial charge in [-0.15, -0.1) is 0 Å². The van der Waals surface area contributed by atoms with Crippen molar-refractivity contribution in [2.45, 2.75) is 50.4 Å². The third-order valence-electron chi connectivity index (χ3n) is 7.62. The highest BCUT2D eigenvalue weighted by atomic mass is 35.5. The molecule has 2 aliphatic heterocycles. The highest BCUT2D eigenvalue weighted by Crippen LogP contribution is 2.59. The maximum atomic E-state index is 13.1. The molecule has 3 unspecified atom stereocenters. The molecule has 2 aliphatic carbocycles. The summed E-state index contributed by atoms with van der Waals surface area (Å²) in [6.07, 6.45) is 3.48. The Labute approximate surface area is 183 Å². The van der Waals surface area contributed by atoms with Crippen LogP contribution in [0.4, 0.5) is 0 Å². The number of nitrogens with zero attached hydrogens (tertiary/aromatic N) is 1. The van der Waals surface area contributed by atoms with Gasteiger partial charge in [-0.3, -0.25) is 4.79 Å². The van der Waals surface area contributed by atoms with Crippen LogP contribution < -0.4 is 0 Å². The van der Waals surface area contributed by atoms with Gasteiger partial charge >= 0.3 is 5.97 Å². The minimum Gasteiger partial charge on any atom is -0.458 e. The van der Waals surface area contributed by atoms with Crippen LogP contribution in [0.1, 0.15) is 38.7 Å². The molecular formula is C22H21Cl2NO5. The van der Waals surface area contributed by atoms with Crippen LogP contribution >= 0.6 is 23.2 Å². The Morgan fingerprint density at radius 2 is 2.00 bits per heavy atom. The number of hydrogen-bond acceptors (Lipinski definition) is 6. The van der Waals surface area contributed by atoms with E-state index in [0.29, 0.717) is 34.2 Å². The minimum atomic E-state index is -1.38. The molecule has 6 atom stereocenters. The van der Waals surface area contributed by atoms with Crippen molar-refractivity contribution < 1.29 is 24.3 Å². The van der Waals surface area contributed by atoms with E-state index < -0.39 is 34.6 Å². The summed E-state index contributed by atoms with van der Waals surface area (Å²) in [4.78, 5) is 31.8. The molecule has 6 nitrogen and oxygen atoms in total. The first kappa shape index (κ1) is 20.0. The summed E-state index contributed by atoms with van der Waals surface area (Å²) in [6, 6.07) is 5.20. The van der Waals surface area contributed by atoms with Crippen LogP contribution in [0.2, 0.25) is 10.0 Å². The molecule has 0 aromatic heterocycles. The van der Waals surface area contributed by atoms with Gasteiger partial charge in [0.2, 0.25) is 5.60 Å². The molecule has 0 amide bonds. The molecule has 1 saturated heterocycles. The highest BCUT2D eigenvalue weighted by molar-refractivity contribution is 6.44. The van der Waals surface area contributed by atoms with E-state index in [9.17, 15) is 14.7 Å². The van der Waals surface area contributed by atoms with E-state index in [1.165, 1.54) is 6.08 Å². The van der Waals surface area contributed by atoms with Gasteiger partial charge in [0, 0.05) is 12.0 Å². The fourth-order valence-corrected chi connectivity index (χ4v) is 6.08. The van der Waals surface area contributed by atoms with E-state index in [4.69, 9.17) is 32.8 Å². The standard InChI is InChI=1S/C22H21Cl2NO5/c1-11-6-7-13-18(20(2)16(26)8-9-22(11,20)28)29-19(27)21(13)10-15(25-30-21)12-4-3-5-14(23)17(12)24/h3-5,8-9,11,13,18,28H,6-7,10H2,1-2H3/t11-,13?,18?,20-,21?,22+/m0/s1. The van der Waals surface area contributed by atoms with E-state index in [1.807, 2.05) is 6.92 Å². The van der Waals surface area contributed by atoms with Crippen molar-refractivity contribution >= 4 is 40.7 Å². The second-order valence-electron chi connectivity index (χ2n) is 8.93. The Morgan fingerprint density at radius 3 is 2.77 bits per heavy atom. The number of fused-ring (bicyclic) bond motifs is 4. The number of hydrogen-bond donors (Lipinski definition) is 1. The van der Waals surface area contributed by atoms with Crippen molar-refractivity contribution in [3.63, 3.8) is 0 Å². The van der Waals surface area contributed by atoms with Gasteiger partial charge in [0.05, 0.1) is 21.7 Å². The summed E-state index contributed by atoms with van der Waals surface area (Å²) in [5, 5.41) is 16.4. The van der Waals surface area contributed by atoms with E-state index >= 15 is 0 Å². The minimum absolute atomic E-state index is 0.164. The maximum Gasteiger partial charge on any atom is 0.354 e. The average Bonchev–Trinajstić information content (AvgIpc) is 3.33. The second-order valence-corrected chi connectivity index (χ2v) is 9.72. The SMILES string of the molecule is C[C@H]1CCC2C(OC(=O)C23CC(c2cccc(Cl)c2Cl)=NO3)[C@]2(C)C(=O)C=C[C@@]12O. The Morgan fingerprint density at radius 1 is 1.23 bits per heavy atom. The van der Waals surface area contributed by atoms with Crippen molar-refractivity contribution in [3.8, 4) is 0 Å². The Balaban J connectivity index is 1.55. The van der Waals surface area contributed by atoms with Gasteiger partial charge < -0.3 is 14.7 Å². The first-order valence-corrected chi connectivity index (χ1v) is 10.8. The quantitative estimate of drug-likeness (QED) is 0.660. The van der Waals surface area contributed by atoms with Gasteiger partial charge in [-0.1, -0.05) is 47.4 Å². The molecule has 158 valence electrons. The fraction of sp³-hybridized carbons (Fsp3) is 0.500. The van der Waals surface area contributed by atoms with Crippen molar-refractivity contribution in [1.29, 1.82) is 0 Å². The van der Waals surface area contributed by atoms with Gasteiger partial charge in [0.1, 0.15) is 17.1 Å². The number of ether oxygens (including phenoxy) is 1. The predicted octanol–water partition coefficient (Wildman–Crippen LogP) is 3.70. The monoisotopic (exact) mass is 449 g/mol. The number of rotatable bonds is 1. The zero-order valence-electron chi connectivity index (χ0n) is 16.5. The zero-order valence-corrected chi connectivity index (χ0v) is 18.0. The molecular weight excluding hydrogens is 429 g/mol. The van der Waals surface area contributed by atoms with Gasteiger partial charge in [-0.2, -0.15) is 0 Å². The molecule has 0 radical (unpaired) electrons. The van der Waals surface area contributed by atoms with Crippen molar-refractivity contribution in [2.75, 3.05) is 0 Å². The van der Waals surface area contributed by atoms with E-state index in [0.717, 1.165) is 0 Å². The molecule has 0 bridgehead atoms. The lowest BCUT2D eigenvalue weighted by Crippen LogP contribution is -2.57. The lowest BCUT2D eigenvalue weighted by molar-refractivity contribution is -0.169. The second kappa shape index (κ2) is 6.31. The highest BCUT2D eigenvalue weighted by Gasteiger charge is 2.73. The van der Waals surface area contributed by atoms with E-state index in [2.05, 4.69) is 5.16 Å². The van der Waals surface area contributed by atoms with E-state index in [1.54, 1.807) is 31.2 Å². The van der Waals surface area contributed by atoms with Crippen molar-refractivity contribution in [1.82, 2.24) is 0 Å². The molecule has 4 aliphatic rings. The van der Waals surface area contributed by atoms with Gasteiger partial charge in [0.15, 0.2) is 5.78 Å². The zero-order chi connectivity index (χ0) is 21.5. The third kappa shape index (κ3) is 2.27. The first-order valence-electron chi connectivity index (χ1n) is 10.0. The van der Waals surface area contributed by atoms with Crippen molar-refractivity contribution in [2.24, 2.45) is 22.4 Å². The van der Waals surface area contributed by atoms with Crippen LogP contribution in [-0.4, -0.2) is 39.9 Å². The molecule has 1 N–H and O–H groups in total. The number of oxime groups is 1. The summed E-state index contributed by atoms with van der Waals surface area (Å²) >= 11 is 12.5. The Kier molecular flexibility index (Phi) is 4.22. The number of benzene rings is 1. The summed E-state index contributed by atoms with van der Waals surface area (Å²) in [5.74, 6) is -1.42. The van der Waals surface area contributed by atoms with Crippen LogP contribution in [-0.2, 0) is 19.2 Å². The fourth-order valence-electron chi connectivity index (χ4n) is 5.67. The van der Waals surface area contributed by atoms with Crippen LogP contribution in [0, 0.1) is 17.3 Å². The largest absolute Gasteiger partial charge is 0.458 e. The van der Waals surface area contributed by atoms with E-state index in [-0.39, 0.29) is 18.1 Å². The van der Waals surface area contributed by atoms with Crippen LogP contribution in [0.25, 0.3) is 0 Å². The number of ketones is 1. The number of esters is 1. The van der Waals surface area contributed by atoms with Gasteiger partial charge in [0.25, 0.3) is 0 Å². The van der Waals surface area contributed by atoms with Crippen molar-refractivity contribution in [3.05, 3.63) is 46.0 Å². The summed E-state index contributed by atoms with van der Waals surface area (Å²) in [7, 11) is 0. The normalized spacial score (nSPS) is 41.9. The third-order valence-corrected chi connectivity index (χ3v) is 8.44. The number of aliphatic hydroxyl groups is 1. The lowest BCUT2D eigenvalue weighted by Gasteiger charge is -2.43. The first-order chi connectivity index (χ1) is 14.1. The predicted molar refractivity (Wildman–Crippen MR) is 110 cm³/mol. The van der Waals surface area contributed by atoms with Gasteiger partial charge in [-0.25, -0.2) is 4.79 Å². The summed E-state index contributed by atoms with van der Waals surface area (Å²) < 4.78 is 5.80. The maximum absolute atomic E-state index is 13.1. The number of carbonyl (C=O) groups is 2. The number of allylic oxidation sites excluding steroid dienone is 1. The molecule has 2 heterocycles.